The summed E-state index contributed by atoms with van der Waals surface area (Å²) in [6.07, 6.45) is 0. The molecule has 0 saturated heterocycles. The van der Waals surface area contributed by atoms with E-state index in [-0.39, 0.29) is 5.56 Å². The number of carbonyl (C=O) groups excluding carboxylic acids is 1. The second-order valence-electron chi connectivity index (χ2n) is 3.60. The van der Waals surface area contributed by atoms with Gasteiger partial charge in [0.1, 0.15) is 5.75 Å². The Balaban J connectivity index is 2.71. The van der Waals surface area contributed by atoms with Crippen molar-refractivity contribution in [2.75, 3.05) is 0 Å². The smallest absolute Gasteiger partial charge is 0.308 e. The molecule has 1 aromatic heterocycles. The Bertz CT molecular complexity index is 715. The fourth-order valence-electron chi connectivity index (χ4n) is 1.51. The molecule has 1 N–H and O–H groups in total. The van der Waals surface area contributed by atoms with Crippen molar-refractivity contribution in [1.29, 1.82) is 0 Å². The maximum Gasteiger partial charge on any atom is 0.308 e. The first-order valence-electron chi connectivity index (χ1n) is 4.90. The van der Waals surface area contributed by atoms with Crippen molar-refractivity contribution < 1.29 is 9.53 Å². The van der Waals surface area contributed by atoms with Gasteiger partial charge in [0.15, 0.2) is 4.77 Å². The molecule has 0 aliphatic rings. The van der Waals surface area contributed by atoms with Gasteiger partial charge in [-0.25, -0.2) is 0 Å². The van der Waals surface area contributed by atoms with E-state index in [1.54, 1.807) is 25.2 Å². The number of fused-ring (bicyclic) bond motifs is 1. The number of H-pyrrole nitrogens is 1. The summed E-state index contributed by atoms with van der Waals surface area (Å²) in [6.45, 7) is 1.32. The van der Waals surface area contributed by atoms with Crippen LogP contribution in [0.2, 0.25) is 0 Å². The van der Waals surface area contributed by atoms with Gasteiger partial charge in [0, 0.05) is 20.0 Å². The topological polar surface area (TPSA) is 64.1 Å². The molecule has 6 heteroatoms. The lowest BCUT2D eigenvalue weighted by Crippen LogP contribution is -2.18. The van der Waals surface area contributed by atoms with Crippen LogP contribution in [0.25, 0.3) is 10.9 Å². The van der Waals surface area contributed by atoms with Crippen LogP contribution in [0, 0.1) is 4.77 Å². The third-order valence-corrected chi connectivity index (χ3v) is 2.71. The molecule has 0 amide bonds. The Morgan fingerprint density at radius 2 is 2.18 bits per heavy atom. The van der Waals surface area contributed by atoms with Gasteiger partial charge in [-0.15, -0.1) is 0 Å². The van der Waals surface area contributed by atoms with Gasteiger partial charge < -0.3 is 9.72 Å². The third-order valence-electron chi connectivity index (χ3n) is 2.33. The van der Waals surface area contributed by atoms with Crippen LogP contribution in [0.1, 0.15) is 6.92 Å². The van der Waals surface area contributed by atoms with Crippen LogP contribution in [0.4, 0.5) is 0 Å². The molecule has 0 fully saturated rings. The monoisotopic (exact) mass is 250 g/mol. The number of nitrogens with zero attached hydrogens (tertiary/aromatic N) is 1. The second kappa shape index (κ2) is 4.14. The van der Waals surface area contributed by atoms with Crippen molar-refractivity contribution in [3.05, 3.63) is 33.3 Å². The molecule has 1 aromatic carbocycles. The number of benzene rings is 1. The molecular formula is C11H10N2O3S. The largest absolute Gasteiger partial charge is 0.427 e. The first-order chi connectivity index (χ1) is 7.99. The van der Waals surface area contributed by atoms with Crippen molar-refractivity contribution in [3.8, 4) is 5.75 Å². The lowest BCUT2D eigenvalue weighted by Gasteiger charge is -2.05. The van der Waals surface area contributed by atoms with E-state index < -0.39 is 5.97 Å². The van der Waals surface area contributed by atoms with E-state index in [1.807, 2.05) is 0 Å². The van der Waals surface area contributed by atoms with Crippen molar-refractivity contribution in [2.45, 2.75) is 6.92 Å². The van der Waals surface area contributed by atoms with Gasteiger partial charge in [0.05, 0.1) is 10.9 Å². The third kappa shape index (κ3) is 2.12. The number of hydrogen-bond acceptors (Lipinski definition) is 4. The predicted octanol–water partition coefficient (Wildman–Crippen LogP) is 1.52. The maximum absolute atomic E-state index is 11.9. The molecular weight excluding hydrogens is 240 g/mol. The molecule has 0 aliphatic heterocycles. The van der Waals surface area contributed by atoms with Crippen LogP contribution in [0.5, 0.6) is 5.75 Å². The van der Waals surface area contributed by atoms with Crippen LogP contribution < -0.4 is 10.3 Å². The number of aromatic nitrogens is 2. The summed E-state index contributed by atoms with van der Waals surface area (Å²) >= 11 is 5.00. The number of aromatic amines is 1. The highest BCUT2D eigenvalue weighted by molar-refractivity contribution is 7.71. The molecule has 2 rings (SSSR count). The first kappa shape index (κ1) is 11.5. The highest BCUT2D eigenvalue weighted by Gasteiger charge is 2.05. The molecule has 17 heavy (non-hydrogen) atoms. The second-order valence-corrected chi connectivity index (χ2v) is 3.98. The van der Waals surface area contributed by atoms with E-state index in [0.717, 1.165) is 0 Å². The minimum absolute atomic E-state index is 0.182. The van der Waals surface area contributed by atoms with E-state index in [1.165, 1.54) is 11.5 Å². The molecule has 2 aromatic rings. The zero-order valence-electron chi connectivity index (χ0n) is 9.31. The molecule has 1 heterocycles. The lowest BCUT2D eigenvalue weighted by atomic mass is 10.2. The zero-order chi connectivity index (χ0) is 12.6. The Morgan fingerprint density at radius 3 is 2.82 bits per heavy atom. The number of nitrogens with one attached hydrogen (secondary N) is 1. The van der Waals surface area contributed by atoms with Gasteiger partial charge in [-0.05, 0) is 24.4 Å². The molecule has 0 aliphatic carbocycles. The van der Waals surface area contributed by atoms with Crippen LogP contribution in [-0.4, -0.2) is 15.5 Å². The fourth-order valence-corrected chi connectivity index (χ4v) is 1.71. The molecule has 0 radical (unpaired) electrons. The number of carbonyl (C=O) groups is 1. The summed E-state index contributed by atoms with van der Waals surface area (Å²) in [6, 6.07) is 4.75. The minimum atomic E-state index is -0.410. The summed E-state index contributed by atoms with van der Waals surface area (Å²) < 4.78 is 6.60. The van der Waals surface area contributed by atoms with Gasteiger partial charge in [0.2, 0.25) is 0 Å². The summed E-state index contributed by atoms with van der Waals surface area (Å²) in [5, 5.41) is 0.497. The van der Waals surface area contributed by atoms with Gasteiger partial charge >= 0.3 is 5.97 Å². The van der Waals surface area contributed by atoms with Crippen LogP contribution in [-0.2, 0) is 11.8 Å². The van der Waals surface area contributed by atoms with Crippen molar-refractivity contribution in [3.63, 3.8) is 0 Å². The first-order valence-corrected chi connectivity index (χ1v) is 5.31. The summed E-state index contributed by atoms with van der Waals surface area (Å²) in [7, 11) is 1.60. The van der Waals surface area contributed by atoms with Gasteiger partial charge in [0.25, 0.3) is 5.56 Å². The lowest BCUT2D eigenvalue weighted by molar-refractivity contribution is -0.131. The number of ether oxygens (including phenoxy) is 1. The van der Waals surface area contributed by atoms with E-state index in [4.69, 9.17) is 17.0 Å². The van der Waals surface area contributed by atoms with E-state index in [0.29, 0.717) is 21.4 Å². The molecule has 0 bridgehead atoms. The molecule has 5 nitrogen and oxygen atoms in total. The van der Waals surface area contributed by atoms with E-state index in [9.17, 15) is 9.59 Å². The van der Waals surface area contributed by atoms with Gasteiger partial charge in [-0.3, -0.25) is 14.2 Å². The van der Waals surface area contributed by atoms with Crippen molar-refractivity contribution in [1.82, 2.24) is 9.55 Å². The highest BCUT2D eigenvalue weighted by atomic mass is 32.1. The molecule has 88 valence electrons. The Hall–Kier alpha value is -1.95. The highest BCUT2D eigenvalue weighted by Crippen LogP contribution is 2.16. The summed E-state index contributed by atoms with van der Waals surface area (Å²) in [5.74, 6) is -0.0318. The Kier molecular flexibility index (Phi) is 2.81. The standard InChI is InChI=1S/C11H10N2O3S/c1-6(14)16-7-3-4-8-9(5-7)12-11(17)13(2)10(8)15/h3-5H,1-2H3,(H,12,17). The van der Waals surface area contributed by atoms with Crippen LogP contribution in [0.15, 0.2) is 23.0 Å². The number of esters is 1. The molecule has 0 spiro atoms. The summed E-state index contributed by atoms with van der Waals surface area (Å²) in [5.41, 5.74) is 0.370. The Labute approximate surface area is 102 Å². The normalized spacial score (nSPS) is 10.5. The zero-order valence-corrected chi connectivity index (χ0v) is 10.1. The Morgan fingerprint density at radius 1 is 1.47 bits per heavy atom. The average Bonchev–Trinajstić information content (AvgIpc) is 2.25. The molecule has 0 atom stereocenters. The average molecular weight is 250 g/mol. The maximum atomic E-state index is 11.9. The summed E-state index contributed by atoms with van der Waals surface area (Å²) in [4.78, 5) is 25.6. The predicted molar refractivity (Wildman–Crippen MR) is 65.7 cm³/mol. The molecule has 0 unspecified atom stereocenters. The van der Waals surface area contributed by atoms with E-state index in [2.05, 4.69) is 4.98 Å². The van der Waals surface area contributed by atoms with Gasteiger partial charge in [-0.1, -0.05) is 0 Å². The quantitative estimate of drug-likeness (QED) is 0.473. The van der Waals surface area contributed by atoms with Crippen molar-refractivity contribution in [2.24, 2.45) is 7.05 Å². The van der Waals surface area contributed by atoms with Gasteiger partial charge in [-0.2, -0.15) is 0 Å². The van der Waals surface area contributed by atoms with Crippen LogP contribution in [0.3, 0.4) is 0 Å². The van der Waals surface area contributed by atoms with E-state index >= 15 is 0 Å². The van der Waals surface area contributed by atoms with Crippen LogP contribution >= 0.6 is 12.2 Å². The molecule has 0 saturated carbocycles. The SMILES string of the molecule is CC(=O)Oc1ccc2c(=O)n(C)c(=S)[nH]c2c1. The fraction of sp³-hybridized carbons (Fsp3) is 0.182. The number of hydrogen-bond donors (Lipinski definition) is 1. The minimum Gasteiger partial charge on any atom is -0.427 e. The van der Waals surface area contributed by atoms with Crippen molar-refractivity contribution >= 4 is 29.1 Å². The number of rotatable bonds is 1.